The summed E-state index contributed by atoms with van der Waals surface area (Å²) in [6, 6.07) is 1.11. The molecule has 4 heteroatoms. The smallest absolute Gasteiger partial charge is 0.205 e. The Bertz CT molecular complexity index is 176. The van der Waals surface area contributed by atoms with Crippen LogP contribution in [-0.4, -0.2) is 10.2 Å². The molecule has 0 N–H and O–H groups in total. The van der Waals surface area contributed by atoms with Crippen LogP contribution < -0.4 is 0 Å². The van der Waals surface area contributed by atoms with Crippen molar-refractivity contribution in [1.82, 2.24) is 10.2 Å². The third-order valence-corrected chi connectivity index (χ3v) is 0.805. The molecule has 0 unspecified atom stereocenters. The largest absolute Gasteiger partial charge is 0.265 e. The summed E-state index contributed by atoms with van der Waals surface area (Å²) in [6.45, 7) is 0. The Morgan fingerprint density at radius 3 is 2.67 bits per heavy atom. The van der Waals surface area contributed by atoms with Crippen LogP contribution in [0.25, 0.3) is 0 Å². The second-order valence-corrected chi connectivity index (χ2v) is 1.42. The van der Waals surface area contributed by atoms with Crippen LogP contribution in [0.4, 0.5) is 8.78 Å². The lowest BCUT2D eigenvalue weighted by atomic mass is 10.3. The predicted octanol–water partition coefficient (Wildman–Crippen LogP) is 1.21. The summed E-state index contributed by atoms with van der Waals surface area (Å²) >= 11 is 0. The number of hydrogen-bond donors (Lipinski definition) is 0. The molecule has 1 aromatic heterocycles. The number of alkyl halides is 2. The SMILES string of the molecule is FC(F)c1c[c]nnc1. The van der Waals surface area contributed by atoms with Crippen LogP contribution in [0.15, 0.2) is 12.3 Å². The summed E-state index contributed by atoms with van der Waals surface area (Å²) in [5.74, 6) is 0. The van der Waals surface area contributed by atoms with Gasteiger partial charge in [0.25, 0.3) is 6.43 Å². The normalized spacial score (nSPS) is 10.1. The average Bonchev–Trinajstić information content (AvgIpc) is 1.90. The molecule has 47 valence electrons. The zero-order chi connectivity index (χ0) is 6.69. The zero-order valence-electron chi connectivity index (χ0n) is 4.38. The quantitative estimate of drug-likeness (QED) is 0.569. The van der Waals surface area contributed by atoms with Crippen LogP contribution in [0.2, 0.25) is 0 Å². The highest BCUT2D eigenvalue weighted by Gasteiger charge is 2.04. The fourth-order valence-corrected chi connectivity index (χ4v) is 0.389. The van der Waals surface area contributed by atoms with Gasteiger partial charge >= 0.3 is 0 Å². The Morgan fingerprint density at radius 1 is 1.56 bits per heavy atom. The Labute approximate surface area is 50.5 Å². The summed E-state index contributed by atoms with van der Waals surface area (Å²) in [5, 5.41) is 6.44. The maximum Gasteiger partial charge on any atom is 0.265 e. The van der Waals surface area contributed by atoms with Crippen LogP contribution in [-0.2, 0) is 0 Å². The summed E-state index contributed by atoms with van der Waals surface area (Å²) in [6.07, 6.45) is 0.741. The molecule has 0 aromatic carbocycles. The molecule has 0 atom stereocenters. The Hall–Kier alpha value is -1.06. The molecule has 0 aliphatic heterocycles. The van der Waals surface area contributed by atoms with Gasteiger partial charge in [-0.15, -0.1) is 5.10 Å². The van der Waals surface area contributed by atoms with Crippen molar-refractivity contribution in [2.45, 2.75) is 6.43 Å². The van der Waals surface area contributed by atoms with Gasteiger partial charge in [0.05, 0.1) is 6.20 Å². The van der Waals surface area contributed by atoms with E-state index < -0.39 is 6.43 Å². The maximum atomic E-state index is 11.7. The van der Waals surface area contributed by atoms with Crippen molar-refractivity contribution in [3.05, 3.63) is 24.0 Å². The van der Waals surface area contributed by atoms with Crippen molar-refractivity contribution in [1.29, 1.82) is 0 Å². The van der Waals surface area contributed by atoms with E-state index in [1.165, 1.54) is 0 Å². The van der Waals surface area contributed by atoms with E-state index in [1.54, 1.807) is 0 Å². The number of rotatable bonds is 1. The number of aromatic nitrogens is 2. The van der Waals surface area contributed by atoms with E-state index in [2.05, 4.69) is 16.4 Å². The van der Waals surface area contributed by atoms with Crippen molar-refractivity contribution in [2.75, 3.05) is 0 Å². The standard InChI is InChI=1S/C5H3F2N2/c6-5(7)4-1-2-8-9-3-4/h1,3,5H. The molecule has 0 bridgehead atoms. The second-order valence-electron chi connectivity index (χ2n) is 1.42. The van der Waals surface area contributed by atoms with Gasteiger partial charge in [-0.25, -0.2) is 8.78 Å². The fraction of sp³-hybridized carbons (Fsp3) is 0.200. The van der Waals surface area contributed by atoms with Gasteiger partial charge in [-0.2, -0.15) is 5.10 Å². The predicted molar refractivity (Wildman–Crippen MR) is 25.8 cm³/mol. The minimum Gasteiger partial charge on any atom is -0.205 e. The van der Waals surface area contributed by atoms with E-state index in [-0.39, 0.29) is 5.56 Å². The van der Waals surface area contributed by atoms with E-state index in [1.807, 2.05) is 0 Å². The molecule has 2 nitrogen and oxygen atoms in total. The molecule has 1 aromatic rings. The maximum absolute atomic E-state index is 11.7. The number of halogens is 2. The highest BCUT2D eigenvalue weighted by atomic mass is 19.3. The molecule has 1 rings (SSSR count). The van der Waals surface area contributed by atoms with Gasteiger partial charge < -0.3 is 0 Å². The highest BCUT2D eigenvalue weighted by Crippen LogP contribution is 2.14. The van der Waals surface area contributed by atoms with Gasteiger partial charge in [-0.05, 0) is 6.07 Å². The Balaban J connectivity index is 2.85. The minimum atomic E-state index is -2.48. The average molecular weight is 129 g/mol. The van der Waals surface area contributed by atoms with E-state index in [0.29, 0.717) is 0 Å². The van der Waals surface area contributed by atoms with Crippen LogP contribution in [0, 0.1) is 6.20 Å². The topological polar surface area (TPSA) is 25.8 Å². The first-order valence-electron chi connectivity index (χ1n) is 2.27. The van der Waals surface area contributed by atoms with E-state index >= 15 is 0 Å². The molecule has 0 fully saturated rings. The molecule has 0 aliphatic rings. The third-order valence-electron chi connectivity index (χ3n) is 0.805. The first-order valence-corrected chi connectivity index (χ1v) is 2.27. The van der Waals surface area contributed by atoms with Crippen molar-refractivity contribution in [2.24, 2.45) is 0 Å². The van der Waals surface area contributed by atoms with Crippen LogP contribution in [0.1, 0.15) is 12.0 Å². The molecule has 0 saturated heterocycles. The van der Waals surface area contributed by atoms with Crippen LogP contribution in [0.3, 0.4) is 0 Å². The van der Waals surface area contributed by atoms with Crippen molar-refractivity contribution < 1.29 is 8.78 Å². The Kier molecular flexibility index (Phi) is 1.67. The molecule has 1 heterocycles. The zero-order valence-corrected chi connectivity index (χ0v) is 4.38. The number of hydrogen-bond acceptors (Lipinski definition) is 2. The lowest BCUT2D eigenvalue weighted by molar-refractivity contribution is 0.150. The summed E-state index contributed by atoms with van der Waals surface area (Å²) < 4.78 is 23.4. The van der Waals surface area contributed by atoms with Gasteiger partial charge in [-0.1, -0.05) is 0 Å². The molecular formula is C5H3F2N2. The Morgan fingerprint density at radius 2 is 2.33 bits per heavy atom. The van der Waals surface area contributed by atoms with E-state index in [4.69, 9.17) is 0 Å². The molecule has 0 amide bonds. The van der Waals surface area contributed by atoms with Crippen LogP contribution >= 0.6 is 0 Å². The molecular weight excluding hydrogens is 126 g/mol. The molecule has 9 heavy (non-hydrogen) atoms. The summed E-state index contributed by atoms with van der Waals surface area (Å²) in [5.41, 5.74) is -0.148. The van der Waals surface area contributed by atoms with E-state index in [9.17, 15) is 8.78 Å². The molecule has 0 spiro atoms. The summed E-state index contributed by atoms with van der Waals surface area (Å²) in [7, 11) is 0. The highest BCUT2D eigenvalue weighted by molar-refractivity contribution is 5.05. The number of nitrogens with zero attached hydrogens (tertiary/aromatic N) is 2. The van der Waals surface area contributed by atoms with Crippen molar-refractivity contribution in [3.63, 3.8) is 0 Å². The first kappa shape index (κ1) is 6.07. The van der Waals surface area contributed by atoms with Gasteiger partial charge in [0.2, 0.25) is 0 Å². The van der Waals surface area contributed by atoms with Gasteiger partial charge in [0.1, 0.15) is 6.20 Å². The minimum absolute atomic E-state index is 0.148. The fourth-order valence-electron chi connectivity index (χ4n) is 0.389. The van der Waals surface area contributed by atoms with Crippen molar-refractivity contribution >= 4 is 0 Å². The monoisotopic (exact) mass is 129 g/mol. The third kappa shape index (κ3) is 1.42. The van der Waals surface area contributed by atoms with Gasteiger partial charge in [0.15, 0.2) is 0 Å². The van der Waals surface area contributed by atoms with Gasteiger partial charge in [0, 0.05) is 5.56 Å². The molecule has 0 saturated carbocycles. The molecule has 0 aliphatic carbocycles. The van der Waals surface area contributed by atoms with Gasteiger partial charge in [-0.3, -0.25) is 0 Å². The second kappa shape index (κ2) is 2.48. The van der Waals surface area contributed by atoms with Crippen molar-refractivity contribution in [3.8, 4) is 0 Å². The first-order chi connectivity index (χ1) is 4.30. The lowest BCUT2D eigenvalue weighted by Crippen LogP contribution is -1.86. The van der Waals surface area contributed by atoms with Crippen LogP contribution in [0.5, 0.6) is 0 Å². The summed E-state index contributed by atoms with van der Waals surface area (Å²) in [4.78, 5) is 0. The van der Waals surface area contributed by atoms with E-state index in [0.717, 1.165) is 12.3 Å². The lowest BCUT2D eigenvalue weighted by Gasteiger charge is -1.92. The molecule has 1 radical (unpaired) electrons.